The van der Waals surface area contributed by atoms with Gasteiger partial charge in [0.2, 0.25) is 0 Å². The van der Waals surface area contributed by atoms with Gasteiger partial charge < -0.3 is 10.3 Å². The lowest BCUT2D eigenvalue weighted by molar-refractivity contribution is 0.590. The van der Waals surface area contributed by atoms with Gasteiger partial charge in [0.1, 0.15) is 0 Å². The first-order chi connectivity index (χ1) is 6.77. The van der Waals surface area contributed by atoms with Gasteiger partial charge in [0, 0.05) is 24.3 Å². The average Bonchev–Trinajstić information content (AvgIpc) is 2.62. The van der Waals surface area contributed by atoms with E-state index in [1.807, 2.05) is 6.20 Å². The summed E-state index contributed by atoms with van der Waals surface area (Å²) in [6.45, 7) is 5.25. The van der Waals surface area contributed by atoms with Gasteiger partial charge in [0.15, 0.2) is 0 Å². The SMILES string of the molecule is CC(C)NCc1cccc2cc[nH]c12. The monoisotopic (exact) mass is 188 g/mol. The van der Waals surface area contributed by atoms with Crippen molar-refractivity contribution in [1.29, 1.82) is 0 Å². The molecule has 1 aromatic heterocycles. The molecule has 2 N–H and O–H groups in total. The Kier molecular flexibility index (Phi) is 2.55. The molecule has 0 spiro atoms. The predicted octanol–water partition coefficient (Wildman–Crippen LogP) is 2.67. The van der Waals surface area contributed by atoms with Crippen LogP contribution < -0.4 is 5.32 Å². The molecule has 0 atom stereocenters. The number of para-hydroxylation sites is 1. The summed E-state index contributed by atoms with van der Waals surface area (Å²) in [5.74, 6) is 0. The molecule has 2 heteroatoms. The van der Waals surface area contributed by atoms with Gasteiger partial charge >= 0.3 is 0 Å². The average molecular weight is 188 g/mol. The van der Waals surface area contributed by atoms with E-state index in [1.165, 1.54) is 16.5 Å². The standard InChI is InChI=1S/C12H16N2/c1-9(2)14-8-11-5-3-4-10-6-7-13-12(10)11/h3-7,9,13-14H,8H2,1-2H3. The van der Waals surface area contributed by atoms with Crippen molar-refractivity contribution < 1.29 is 0 Å². The minimum absolute atomic E-state index is 0.528. The summed E-state index contributed by atoms with van der Waals surface area (Å²) in [6, 6.07) is 9.03. The van der Waals surface area contributed by atoms with E-state index in [1.54, 1.807) is 0 Å². The molecule has 2 nitrogen and oxygen atoms in total. The number of benzene rings is 1. The maximum absolute atomic E-state index is 3.42. The molecule has 0 bridgehead atoms. The highest BCUT2D eigenvalue weighted by molar-refractivity contribution is 5.82. The molecule has 2 aromatic rings. The second kappa shape index (κ2) is 3.84. The van der Waals surface area contributed by atoms with E-state index in [-0.39, 0.29) is 0 Å². The van der Waals surface area contributed by atoms with Crippen molar-refractivity contribution >= 4 is 10.9 Å². The van der Waals surface area contributed by atoms with Crippen LogP contribution in [0, 0.1) is 0 Å². The van der Waals surface area contributed by atoms with Crippen LogP contribution in [0.15, 0.2) is 30.5 Å². The quantitative estimate of drug-likeness (QED) is 0.761. The second-order valence-electron chi connectivity index (χ2n) is 3.89. The van der Waals surface area contributed by atoms with Crippen LogP contribution in [-0.2, 0) is 6.54 Å². The Morgan fingerprint density at radius 2 is 2.14 bits per heavy atom. The summed E-state index contributed by atoms with van der Waals surface area (Å²) in [6.07, 6.45) is 1.99. The molecule has 0 aliphatic carbocycles. The minimum Gasteiger partial charge on any atom is -0.361 e. The molecular weight excluding hydrogens is 172 g/mol. The van der Waals surface area contributed by atoms with Crippen molar-refractivity contribution in [2.75, 3.05) is 0 Å². The van der Waals surface area contributed by atoms with Crippen LogP contribution >= 0.6 is 0 Å². The second-order valence-corrected chi connectivity index (χ2v) is 3.89. The van der Waals surface area contributed by atoms with E-state index in [0.717, 1.165) is 6.54 Å². The fourth-order valence-electron chi connectivity index (χ4n) is 1.61. The minimum atomic E-state index is 0.528. The molecular formula is C12H16N2. The van der Waals surface area contributed by atoms with Crippen molar-refractivity contribution in [2.45, 2.75) is 26.4 Å². The highest BCUT2D eigenvalue weighted by Crippen LogP contribution is 2.16. The third kappa shape index (κ3) is 1.80. The zero-order valence-electron chi connectivity index (χ0n) is 8.67. The zero-order valence-corrected chi connectivity index (χ0v) is 8.67. The van der Waals surface area contributed by atoms with Gasteiger partial charge in [-0.05, 0) is 17.0 Å². The molecule has 0 unspecified atom stereocenters. The Labute approximate surface area is 84.3 Å². The van der Waals surface area contributed by atoms with E-state index in [4.69, 9.17) is 0 Å². The number of H-pyrrole nitrogens is 1. The number of aromatic amines is 1. The molecule has 1 heterocycles. The largest absolute Gasteiger partial charge is 0.361 e. The lowest BCUT2D eigenvalue weighted by Crippen LogP contribution is -2.21. The Morgan fingerprint density at radius 3 is 2.93 bits per heavy atom. The lowest BCUT2D eigenvalue weighted by atomic mass is 10.1. The summed E-state index contributed by atoms with van der Waals surface area (Å²) in [5.41, 5.74) is 2.59. The predicted molar refractivity (Wildman–Crippen MR) is 60.3 cm³/mol. The number of hydrogen-bond acceptors (Lipinski definition) is 1. The van der Waals surface area contributed by atoms with E-state index in [9.17, 15) is 0 Å². The van der Waals surface area contributed by atoms with E-state index >= 15 is 0 Å². The van der Waals surface area contributed by atoms with Crippen molar-refractivity contribution in [2.24, 2.45) is 0 Å². The van der Waals surface area contributed by atoms with Gasteiger partial charge in [-0.3, -0.25) is 0 Å². The maximum atomic E-state index is 3.42. The molecule has 0 saturated carbocycles. The summed E-state index contributed by atoms with van der Waals surface area (Å²) < 4.78 is 0. The van der Waals surface area contributed by atoms with Crippen LogP contribution in [0.3, 0.4) is 0 Å². The van der Waals surface area contributed by atoms with Crippen LogP contribution in [0.5, 0.6) is 0 Å². The first kappa shape index (κ1) is 9.28. The Morgan fingerprint density at radius 1 is 1.29 bits per heavy atom. The molecule has 0 fully saturated rings. The smallest absolute Gasteiger partial charge is 0.0499 e. The maximum Gasteiger partial charge on any atom is 0.0499 e. The summed E-state index contributed by atoms with van der Waals surface area (Å²) in [4.78, 5) is 3.27. The van der Waals surface area contributed by atoms with Gasteiger partial charge in [-0.15, -0.1) is 0 Å². The number of fused-ring (bicyclic) bond motifs is 1. The fourth-order valence-corrected chi connectivity index (χ4v) is 1.61. The number of rotatable bonds is 3. The van der Waals surface area contributed by atoms with Crippen molar-refractivity contribution in [3.8, 4) is 0 Å². The molecule has 1 aromatic carbocycles. The molecule has 0 aliphatic rings. The van der Waals surface area contributed by atoms with Gasteiger partial charge in [0.25, 0.3) is 0 Å². The van der Waals surface area contributed by atoms with Crippen molar-refractivity contribution in [1.82, 2.24) is 10.3 Å². The normalized spacial score (nSPS) is 11.4. The van der Waals surface area contributed by atoms with E-state index in [0.29, 0.717) is 6.04 Å². The number of nitrogens with one attached hydrogen (secondary N) is 2. The molecule has 2 rings (SSSR count). The first-order valence-corrected chi connectivity index (χ1v) is 5.06. The summed E-state index contributed by atoms with van der Waals surface area (Å²) >= 11 is 0. The highest BCUT2D eigenvalue weighted by Gasteiger charge is 2.01. The topological polar surface area (TPSA) is 27.8 Å². The molecule has 0 amide bonds. The molecule has 0 saturated heterocycles. The molecule has 14 heavy (non-hydrogen) atoms. The van der Waals surface area contributed by atoms with Crippen LogP contribution in [0.1, 0.15) is 19.4 Å². The highest BCUT2D eigenvalue weighted by atomic mass is 14.9. The van der Waals surface area contributed by atoms with Gasteiger partial charge in [-0.1, -0.05) is 32.0 Å². The van der Waals surface area contributed by atoms with Crippen LogP contribution in [0.2, 0.25) is 0 Å². The van der Waals surface area contributed by atoms with Gasteiger partial charge in [-0.2, -0.15) is 0 Å². The lowest BCUT2D eigenvalue weighted by Gasteiger charge is -2.08. The van der Waals surface area contributed by atoms with Crippen molar-refractivity contribution in [3.63, 3.8) is 0 Å². The number of hydrogen-bond donors (Lipinski definition) is 2. The third-order valence-electron chi connectivity index (χ3n) is 2.37. The summed E-state index contributed by atoms with van der Waals surface area (Å²) in [7, 11) is 0. The van der Waals surface area contributed by atoms with E-state index < -0.39 is 0 Å². The van der Waals surface area contributed by atoms with Crippen LogP contribution in [-0.4, -0.2) is 11.0 Å². The van der Waals surface area contributed by atoms with E-state index in [2.05, 4.69) is 48.4 Å². The van der Waals surface area contributed by atoms with Crippen LogP contribution in [0.4, 0.5) is 0 Å². The Balaban J connectivity index is 2.27. The zero-order chi connectivity index (χ0) is 9.97. The Hall–Kier alpha value is -1.28. The Bertz CT molecular complexity index is 415. The molecule has 0 radical (unpaired) electrons. The third-order valence-corrected chi connectivity index (χ3v) is 2.37. The molecule has 74 valence electrons. The molecule has 0 aliphatic heterocycles. The van der Waals surface area contributed by atoms with Gasteiger partial charge in [0.05, 0.1) is 0 Å². The summed E-state index contributed by atoms with van der Waals surface area (Å²) in [5, 5.41) is 4.71. The van der Waals surface area contributed by atoms with Gasteiger partial charge in [-0.25, -0.2) is 0 Å². The number of aromatic nitrogens is 1. The first-order valence-electron chi connectivity index (χ1n) is 5.06. The van der Waals surface area contributed by atoms with Crippen LogP contribution in [0.25, 0.3) is 10.9 Å². The van der Waals surface area contributed by atoms with Crippen molar-refractivity contribution in [3.05, 3.63) is 36.0 Å². The fraction of sp³-hybridized carbons (Fsp3) is 0.333.